The first-order chi connectivity index (χ1) is 6.21. The van der Waals surface area contributed by atoms with E-state index in [0.717, 1.165) is 0 Å². The minimum atomic E-state index is -1.12. The molecule has 0 amide bonds. The van der Waals surface area contributed by atoms with Crippen LogP contribution in [0.15, 0.2) is 0 Å². The van der Waals surface area contributed by atoms with Crippen LogP contribution >= 0.6 is 0 Å². The monoisotopic (exact) mass is 198 g/mol. The van der Waals surface area contributed by atoms with E-state index in [0.29, 0.717) is 0 Å². The van der Waals surface area contributed by atoms with Crippen LogP contribution in [0.2, 0.25) is 0 Å². The number of hydrogen-bond acceptors (Lipinski definition) is 3. The van der Waals surface area contributed by atoms with Crippen LogP contribution in [0, 0.1) is 11.3 Å². The Bertz CT molecular complexity index is 250. The molecule has 0 saturated heterocycles. The molecular formula is C11H18O3. The molecule has 0 aliphatic rings. The van der Waals surface area contributed by atoms with E-state index in [2.05, 4.69) is 0 Å². The molecule has 0 fully saturated rings. The van der Waals surface area contributed by atoms with E-state index in [1.165, 1.54) is 20.8 Å². The first-order valence-corrected chi connectivity index (χ1v) is 4.76. The highest BCUT2D eigenvalue weighted by Crippen LogP contribution is 2.25. The zero-order valence-corrected chi connectivity index (χ0v) is 9.51. The Balaban J connectivity index is 4.80. The summed E-state index contributed by atoms with van der Waals surface area (Å²) >= 11 is 0. The molecular weight excluding hydrogens is 180 g/mol. The fraction of sp³-hybridized carbons (Fsp3) is 0.727. The summed E-state index contributed by atoms with van der Waals surface area (Å²) in [6, 6.07) is 0. The summed E-state index contributed by atoms with van der Waals surface area (Å²) in [5, 5.41) is 0. The van der Waals surface area contributed by atoms with E-state index >= 15 is 0 Å². The van der Waals surface area contributed by atoms with Crippen molar-refractivity contribution in [2.24, 2.45) is 11.3 Å². The Morgan fingerprint density at radius 2 is 1.43 bits per heavy atom. The molecule has 0 aromatic heterocycles. The van der Waals surface area contributed by atoms with Gasteiger partial charge in [0.15, 0.2) is 0 Å². The maximum Gasteiger partial charge on any atom is 0.143 e. The number of carbonyl (C=O) groups is 3. The Hall–Kier alpha value is -0.990. The largest absolute Gasteiger partial charge is 0.299 e. The van der Waals surface area contributed by atoms with Gasteiger partial charge in [-0.05, 0) is 20.8 Å². The Morgan fingerprint density at radius 3 is 1.64 bits per heavy atom. The lowest BCUT2D eigenvalue weighted by Crippen LogP contribution is -2.36. The van der Waals surface area contributed by atoms with Crippen LogP contribution in [0.1, 0.15) is 41.0 Å². The zero-order chi connectivity index (χ0) is 11.5. The minimum Gasteiger partial charge on any atom is -0.299 e. The predicted octanol–water partition coefficient (Wildman–Crippen LogP) is 1.79. The van der Waals surface area contributed by atoms with E-state index in [4.69, 9.17) is 0 Å². The van der Waals surface area contributed by atoms with Crippen LogP contribution in [0.25, 0.3) is 0 Å². The summed E-state index contributed by atoms with van der Waals surface area (Å²) in [6.45, 7) is 7.79. The van der Waals surface area contributed by atoms with Crippen molar-refractivity contribution in [3.05, 3.63) is 0 Å². The molecule has 0 aliphatic heterocycles. The molecule has 0 N–H and O–H groups in total. The van der Waals surface area contributed by atoms with E-state index in [9.17, 15) is 14.4 Å². The second-order valence-electron chi connectivity index (χ2n) is 4.24. The summed E-state index contributed by atoms with van der Waals surface area (Å²) in [4.78, 5) is 34.0. The standard InChI is InChI=1S/C11H18O3/c1-7(2)10(14)6-11(5,8(3)12)9(4)13/h7H,6H2,1-5H3. The second kappa shape index (κ2) is 4.49. The molecule has 0 unspecified atom stereocenters. The van der Waals surface area contributed by atoms with E-state index in [1.807, 2.05) is 0 Å². The molecule has 0 saturated carbocycles. The van der Waals surface area contributed by atoms with Crippen LogP contribution in [-0.4, -0.2) is 17.3 Å². The SMILES string of the molecule is CC(=O)C(C)(CC(=O)C(C)C)C(C)=O. The van der Waals surface area contributed by atoms with Crippen molar-refractivity contribution in [1.29, 1.82) is 0 Å². The number of carbonyl (C=O) groups excluding carboxylic acids is 3. The number of rotatable bonds is 5. The van der Waals surface area contributed by atoms with Gasteiger partial charge >= 0.3 is 0 Å². The van der Waals surface area contributed by atoms with Gasteiger partial charge in [-0.25, -0.2) is 0 Å². The topological polar surface area (TPSA) is 51.2 Å². The van der Waals surface area contributed by atoms with Gasteiger partial charge in [0.25, 0.3) is 0 Å². The number of Topliss-reactive ketones (excluding diaryl/α,β-unsaturated/α-hetero) is 3. The Kier molecular flexibility index (Phi) is 4.17. The van der Waals surface area contributed by atoms with Crippen LogP contribution in [-0.2, 0) is 14.4 Å². The van der Waals surface area contributed by atoms with Crippen LogP contribution in [0.5, 0.6) is 0 Å². The lowest BCUT2D eigenvalue weighted by molar-refractivity contribution is -0.142. The van der Waals surface area contributed by atoms with Crippen molar-refractivity contribution < 1.29 is 14.4 Å². The van der Waals surface area contributed by atoms with Crippen molar-refractivity contribution in [2.75, 3.05) is 0 Å². The van der Waals surface area contributed by atoms with Gasteiger partial charge in [-0.1, -0.05) is 13.8 Å². The predicted molar refractivity (Wildman–Crippen MR) is 53.9 cm³/mol. The third-order valence-electron chi connectivity index (χ3n) is 2.73. The average Bonchev–Trinajstić information content (AvgIpc) is 2.02. The number of ketones is 3. The molecule has 0 heterocycles. The van der Waals surface area contributed by atoms with Crippen LogP contribution in [0.4, 0.5) is 0 Å². The molecule has 0 aromatic rings. The van der Waals surface area contributed by atoms with Crippen LogP contribution in [0.3, 0.4) is 0 Å². The van der Waals surface area contributed by atoms with Gasteiger partial charge in [-0.2, -0.15) is 0 Å². The fourth-order valence-corrected chi connectivity index (χ4v) is 1.05. The van der Waals surface area contributed by atoms with Gasteiger partial charge < -0.3 is 0 Å². The molecule has 3 nitrogen and oxygen atoms in total. The average molecular weight is 198 g/mol. The van der Waals surface area contributed by atoms with Crippen molar-refractivity contribution >= 4 is 17.3 Å². The van der Waals surface area contributed by atoms with Gasteiger partial charge in [-0.3, -0.25) is 14.4 Å². The smallest absolute Gasteiger partial charge is 0.143 e. The molecule has 0 rings (SSSR count). The molecule has 0 radical (unpaired) electrons. The molecule has 0 atom stereocenters. The molecule has 0 bridgehead atoms. The molecule has 0 spiro atoms. The fourth-order valence-electron chi connectivity index (χ4n) is 1.05. The van der Waals surface area contributed by atoms with Gasteiger partial charge in [-0.15, -0.1) is 0 Å². The van der Waals surface area contributed by atoms with Gasteiger partial charge in [0.2, 0.25) is 0 Å². The molecule has 0 aliphatic carbocycles. The second-order valence-corrected chi connectivity index (χ2v) is 4.24. The minimum absolute atomic E-state index is 0.0231. The highest BCUT2D eigenvalue weighted by molar-refractivity contribution is 6.07. The van der Waals surface area contributed by atoms with Gasteiger partial charge in [0.1, 0.15) is 17.3 Å². The lowest BCUT2D eigenvalue weighted by atomic mass is 9.76. The summed E-state index contributed by atoms with van der Waals surface area (Å²) in [6.07, 6.45) is 0.0231. The third kappa shape index (κ3) is 2.76. The van der Waals surface area contributed by atoms with E-state index < -0.39 is 5.41 Å². The van der Waals surface area contributed by atoms with Crippen molar-refractivity contribution in [3.63, 3.8) is 0 Å². The number of hydrogen-bond donors (Lipinski definition) is 0. The summed E-state index contributed by atoms with van der Waals surface area (Å²) in [5.41, 5.74) is -1.12. The first kappa shape index (κ1) is 13.0. The Morgan fingerprint density at radius 1 is 1.07 bits per heavy atom. The van der Waals surface area contributed by atoms with E-state index in [1.54, 1.807) is 13.8 Å². The summed E-state index contributed by atoms with van der Waals surface area (Å²) < 4.78 is 0. The Labute approximate surface area is 84.9 Å². The maximum absolute atomic E-state index is 11.5. The lowest BCUT2D eigenvalue weighted by Gasteiger charge is -2.23. The van der Waals surface area contributed by atoms with Crippen molar-refractivity contribution in [1.82, 2.24) is 0 Å². The van der Waals surface area contributed by atoms with Gasteiger partial charge in [0, 0.05) is 12.3 Å². The van der Waals surface area contributed by atoms with Crippen molar-refractivity contribution in [2.45, 2.75) is 41.0 Å². The summed E-state index contributed by atoms with van der Waals surface area (Å²) in [5.74, 6) is -0.649. The molecule has 3 heteroatoms. The summed E-state index contributed by atoms with van der Waals surface area (Å²) in [7, 11) is 0. The zero-order valence-electron chi connectivity index (χ0n) is 9.51. The third-order valence-corrected chi connectivity index (χ3v) is 2.73. The molecule has 0 aromatic carbocycles. The highest BCUT2D eigenvalue weighted by atomic mass is 16.2. The van der Waals surface area contributed by atoms with Crippen molar-refractivity contribution in [3.8, 4) is 0 Å². The molecule has 80 valence electrons. The van der Waals surface area contributed by atoms with Gasteiger partial charge in [0.05, 0.1) is 5.41 Å². The first-order valence-electron chi connectivity index (χ1n) is 4.76. The van der Waals surface area contributed by atoms with Crippen LogP contribution < -0.4 is 0 Å². The highest BCUT2D eigenvalue weighted by Gasteiger charge is 2.37. The quantitative estimate of drug-likeness (QED) is 0.633. The normalized spacial score (nSPS) is 11.6. The molecule has 14 heavy (non-hydrogen) atoms. The van der Waals surface area contributed by atoms with E-state index in [-0.39, 0.29) is 29.7 Å². The maximum atomic E-state index is 11.5.